The van der Waals surface area contributed by atoms with E-state index >= 15 is 0 Å². The first-order chi connectivity index (χ1) is 11.1. The van der Waals surface area contributed by atoms with Crippen molar-refractivity contribution in [2.45, 2.75) is 6.10 Å². The third-order valence-corrected chi connectivity index (χ3v) is 4.12. The van der Waals surface area contributed by atoms with Crippen molar-refractivity contribution >= 4 is 17.5 Å². The largest absolute Gasteiger partial charge is 0.370 e. The van der Waals surface area contributed by atoms with E-state index in [1.54, 1.807) is 11.0 Å². The zero-order chi connectivity index (χ0) is 16.4. The molecule has 0 bridgehead atoms. The van der Waals surface area contributed by atoms with Gasteiger partial charge in [-0.2, -0.15) is 0 Å². The molecule has 1 amide bonds. The molecule has 0 saturated carbocycles. The molecule has 6 heteroatoms. The highest BCUT2D eigenvalue weighted by atomic mass is 35.5. The smallest absolute Gasteiger partial charge is 0.254 e. The number of hydrogen-bond donors (Lipinski definition) is 0. The van der Waals surface area contributed by atoms with Gasteiger partial charge in [0.15, 0.2) is 11.6 Å². The van der Waals surface area contributed by atoms with Crippen LogP contribution in [-0.4, -0.2) is 30.5 Å². The standard InChI is InChI=1S/C17H14ClF2NO2/c18-13-4-2-1-3-12(13)16-10-21(7-8-23-16)17(22)11-5-6-14(19)15(20)9-11/h1-6,9,16H,7-8,10H2. The molecule has 2 aromatic rings. The quantitative estimate of drug-likeness (QED) is 0.833. The molecule has 1 fully saturated rings. The summed E-state index contributed by atoms with van der Waals surface area (Å²) in [5.74, 6) is -2.37. The van der Waals surface area contributed by atoms with Crippen molar-refractivity contribution in [3.8, 4) is 0 Å². The van der Waals surface area contributed by atoms with Gasteiger partial charge in [0.05, 0.1) is 13.2 Å². The second-order valence-electron chi connectivity index (χ2n) is 5.26. The highest BCUT2D eigenvalue weighted by Crippen LogP contribution is 2.28. The van der Waals surface area contributed by atoms with Crippen LogP contribution in [0.3, 0.4) is 0 Å². The Morgan fingerprint density at radius 3 is 2.70 bits per heavy atom. The van der Waals surface area contributed by atoms with Crippen molar-refractivity contribution in [1.82, 2.24) is 4.90 Å². The highest BCUT2D eigenvalue weighted by Gasteiger charge is 2.27. The molecule has 1 aliphatic rings. The number of morpholine rings is 1. The first-order valence-electron chi connectivity index (χ1n) is 7.16. The maximum atomic E-state index is 13.3. The monoisotopic (exact) mass is 337 g/mol. The fourth-order valence-corrected chi connectivity index (χ4v) is 2.83. The number of amides is 1. The predicted molar refractivity (Wildman–Crippen MR) is 82.4 cm³/mol. The van der Waals surface area contributed by atoms with E-state index in [2.05, 4.69) is 0 Å². The van der Waals surface area contributed by atoms with Gasteiger partial charge in [-0.15, -0.1) is 0 Å². The summed E-state index contributed by atoms with van der Waals surface area (Å²) < 4.78 is 32.0. The third kappa shape index (κ3) is 3.35. The van der Waals surface area contributed by atoms with Gasteiger partial charge in [-0.1, -0.05) is 29.8 Å². The number of halogens is 3. The van der Waals surface area contributed by atoms with Crippen LogP contribution in [0.15, 0.2) is 42.5 Å². The van der Waals surface area contributed by atoms with E-state index in [9.17, 15) is 13.6 Å². The lowest BCUT2D eigenvalue weighted by molar-refractivity contribution is -0.0227. The summed E-state index contributed by atoms with van der Waals surface area (Å²) >= 11 is 6.17. The molecule has 0 aliphatic carbocycles. The Bertz CT molecular complexity index is 738. The van der Waals surface area contributed by atoms with Crippen LogP contribution < -0.4 is 0 Å². The number of ether oxygens (including phenoxy) is 1. The average Bonchev–Trinajstić information content (AvgIpc) is 2.57. The molecule has 0 spiro atoms. The minimum Gasteiger partial charge on any atom is -0.370 e. The summed E-state index contributed by atoms with van der Waals surface area (Å²) in [7, 11) is 0. The Balaban J connectivity index is 1.79. The molecule has 3 rings (SSSR count). The average molecular weight is 338 g/mol. The molecule has 0 aromatic heterocycles. The van der Waals surface area contributed by atoms with Crippen molar-refractivity contribution < 1.29 is 18.3 Å². The van der Waals surface area contributed by atoms with Crippen LogP contribution in [0.25, 0.3) is 0 Å². The minimum absolute atomic E-state index is 0.115. The molecular formula is C17H14ClF2NO2. The Labute approximate surface area is 137 Å². The van der Waals surface area contributed by atoms with Gasteiger partial charge in [-0.05, 0) is 24.3 Å². The molecule has 1 saturated heterocycles. The molecule has 1 unspecified atom stereocenters. The van der Waals surface area contributed by atoms with Gasteiger partial charge in [-0.3, -0.25) is 4.79 Å². The lowest BCUT2D eigenvalue weighted by atomic mass is 10.1. The van der Waals surface area contributed by atoms with Crippen LogP contribution in [0.1, 0.15) is 22.0 Å². The maximum Gasteiger partial charge on any atom is 0.254 e. The van der Waals surface area contributed by atoms with Crippen LogP contribution in [0.4, 0.5) is 8.78 Å². The van der Waals surface area contributed by atoms with Crippen molar-refractivity contribution in [3.05, 3.63) is 70.2 Å². The number of carbonyl (C=O) groups excluding carboxylic acids is 1. The third-order valence-electron chi connectivity index (χ3n) is 3.77. The van der Waals surface area contributed by atoms with Crippen LogP contribution in [-0.2, 0) is 4.74 Å². The summed E-state index contributed by atoms with van der Waals surface area (Å²) in [6.07, 6.45) is -0.341. The molecule has 1 aliphatic heterocycles. The van der Waals surface area contributed by atoms with Crippen LogP contribution in [0.2, 0.25) is 5.02 Å². The number of nitrogens with zero attached hydrogens (tertiary/aromatic N) is 1. The first-order valence-corrected chi connectivity index (χ1v) is 7.54. The number of hydrogen-bond acceptors (Lipinski definition) is 2. The van der Waals surface area contributed by atoms with Gasteiger partial charge in [0.25, 0.3) is 5.91 Å². The number of carbonyl (C=O) groups is 1. The predicted octanol–water partition coefficient (Wildman–Crippen LogP) is 3.83. The molecule has 1 atom stereocenters. The number of rotatable bonds is 2. The second kappa shape index (κ2) is 6.64. The van der Waals surface area contributed by atoms with E-state index in [4.69, 9.17) is 16.3 Å². The Morgan fingerprint density at radius 2 is 1.96 bits per heavy atom. The summed E-state index contributed by atoms with van der Waals surface area (Å²) in [5.41, 5.74) is 0.917. The van der Waals surface area contributed by atoms with E-state index < -0.39 is 11.6 Å². The molecule has 1 heterocycles. The molecule has 23 heavy (non-hydrogen) atoms. The normalized spacial score (nSPS) is 18.0. The van der Waals surface area contributed by atoms with Crippen molar-refractivity contribution in [1.29, 1.82) is 0 Å². The van der Waals surface area contributed by atoms with Gasteiger partial charge >= 0.3 is 0 Å². The second-order valence-corrected chi connectivity index (χ2v) is 5.67. The van der Waals surface area contributed by atoms with Crippen LogP contribution >= 0.6 is 11.6 Å². The highest BCUT2D eigenvalue weighted by molar-refractivity contribution is 6.31. The maximum absolute atomic E-state index is 13.3. The molecule has 3 nitrogen and oxygen atoms in total. The Morgan fingerprint density at radius 1 is 1.17 bits per heavy atom. The lowest BCUT2D eigenvalue weighted by Crippen LogP contribution is -2.42. The van der Waals surface area contributed by atoms with E-state index in [0.29, 0.717) is 24.7 Å². The van der Waals surface area contributed by atoms with Gasteiger partial charge in [0.2, 0.25) is 0 Å². The summed E-state index contributed by atoms with van der Waals surface area (Å²) in [5, 5.41) is 0.569. The molecule has 0 N–H and O–H groups in total. The van der Waals surface area contributed by atoms with Gasteiger partial charge in [-0.25, -0.2) is 8.78 Å². The summed E-state index contributed by atoms with van der Waals surface area (Å²) in [6, 6.07) is 10.4. The van der Waals surface area contributed by atoms with E-state index in [-0.39, 0.29) is 17.6 Å². The molecule has 120 valence electrons. The molecular weight excluding hydrogens is 324 g/mol. The van der Waals surface area contributed by atoms with E-state index in [0.717, 1.165) is 17.7 Å². The fourth-order valence-electron chi connectivity index (χ4n) is 2.57. The lowest BCUT2D eigenvalue weighted by Gasteiger charge is -2.33. The minimum atomic E-state index is -1.04. The van der Waals surface area contributed by atoms with Crippen LogP contribution in [0.5, 0.6) is 0 Å². The van der Waals surface area contributed by atoms with Crippen molar-refractivity contribution in [2.24, 2.45) is 0 Å². The SMILES string of the molecule is O=C(c1ccc(F)c(F)c1)N1CCOC(c2ccccc2Cl)C1. The van der Waals surface area contributed by atoms with Gasteiger partial charge < -0.3 is 9.64 Å². The number of benzene rings is 2. The van der Waals surface area contributed by atoms with Crippen molar-refractivity contribution in [2.75, 3.05) is 19.7 Å². The topological polar surface area (TPSA) is 29.5 Å². The van der Waals surface area contributed by atoms with Crippen LogP contribution in [0, 0.1) is 11.6 Å². The summed E-state index contributed by atoms with van der Waals surface area (Å²) in [6.45, 7) is 1.05. The summed E-state index contributed by atoms with van der Waals surface area (Å²) in [4.78, 5) is 14.0. The van der Waals surface area contributed by atoms with E-state index in [1.165, 1.54) is 6.07 Å². The first kappa shape index (κ1) is 15.9. The Hall–Kier alpha value is -1.98. The Kier molecular flexibility index (Phi) is 4.59. The van der Waals surface area contributed by atoms with E-state index in [1.807, 2.05) is 18.2 Å². The zero-order valence-corrected chi connectivity index (χ0v) is 12.9. The van der Waals surface area contributed by atoms with Gasteiger partial charge in [0.1, 0.15) is 6.10 Å². The molecule has 2 aromatic carbocycles. The molecule has 0 radical (unpaired) electrons. The van der Waals surface area contributed by atoms with Crippen molar-refractivity contribution in [3.63, 3.8) is 0 Å². The van der Waals surface area contributed by atoms with Gasteiger partial charge in [0, 0.05) is 22.7 Å². The fraction of sp³-hybridized carbons (Fsp3) is 0.235. The zero-order valence-electron chi connectivity index (χ0n) is 12.1.